The molecule has 0 atom stereocenters. The van der Waals surface area contributed by atoms with E-state index in [0.717, 1.165) is 0 Å². The zero-order valence-electron chi connectivity index (χ0n) is 12.9. The number of hydrogen-bond donors (Lipinski definition) is 1. The second-order valence-electron chi connectivity index (χ2n) is 4.60. The fourth-order valence-corrected chi connectivity index (χ4v) is 2.83. The predicted molar refractivity (Wildman–Crippen MR) is 95.1 cm³/mol. The van der Waals surface area contributed by atoms with Gasteiger partial charge in [0.15, 0.2) is 12.4 Å². The summed E-state index contributed by atoms with van der Waals surface area (Å²) < 4.78 is 15.7. The van der Waals surface area contributed by atoms with E-state index in [9.17, 15) is 4.79 Å². The molecule has 2 aromatic rings. The molecule has 8 heteroatoms. The maximum absolute atomic E-state index is 12.1. The van der Waals surface area contributed by atoms with E-state index in [1.165, 1.54) is 26.4 Å². The Kier molecular flexibility index (Phi) is 6.43. The summed E-state index contributed by atoms with van der Waals surface area (Å²) in [4.78, 5) is 12.1. The highest BCUT2D eigenvalue weighted by atomic mass is 35.5. The summed E-state index contributed by atoms with van der Waals surface area (Å²) in [6.45, 7) is -0.290. The van der Waals surface area contributed by atoms with E-state index in [4.69, 9.17) is 49.0 Å². The molecule has 0 heterocycles. The van der Waals surface area contributed by atoms with Gasteiger partial charge in [0.25, 0.3) is 5.91 Å². The van der Waals surface area contributed by atoms with Crippen molar-refractivity contribution in [2.75, 3.05) is 26.1 Å². The van der Waals surface area contributed by atoms with Gasteiger partial charge >= 0.3 is 0 Å². The van der Waals surface area contributed by atoms with Crippen molar-refractivity contribution in [2.24, 2.45) is 0 Å². The molecule has 2 aromatic carbocycles. The van der Waals surface area contributed by atoms with E-state index < -0.39 is 5.91 Å². The maximum Gasteiger partial charge on any atom is 0.262 e. The van der Waals surface area contributed by atoms with E-state index in [1.54, 1.807) is 18.2 Å². The number of benzene rings is 2. The topological polar surface area (TPSA) is 56.8 Å². The van der Waals surface area contributed by atoms with E-state index in [1.807, 2.05) is 0 Å². The molecule has 1 amide bonds. The lowest BCUT2D eigenvalue weighted by Crippen LogP contribution is -2.20. The first-order valence-electron chi connectivity index (χ1n) is 6.73. The van der Waals surface area contributed by atoms with Gasteiger partial charge in [-0.05, 0) is 24.3 Å². The number of carbonyl (C=O) groups excluding carboxylic acids is 1. The normalized spacial score (nSPS) is 10.2. The number of rotatable bonds is 6. The molecule has 0 fully saturated rings. The fraction of sp³-hybridized carbons (Fsp3) is 0.188. The standard InChI is InChI=1S/C16H14Cl3NO4/c1-22-10-3-4-14(23-2)13(7-10)20-15(21)8-24-16-11(18)5-9(17)6-12(16)19/h3-7H,8H2,1-2H3,(H,20,21). The molecule has 5 nitrogen and oxygen atoms in total. The van der Waals surface area contributed by atoms with Crippen LogP contribution >= 0.6 is 34.8 Å². The van der Waals surface area contributed by atoms with Crippen molar-refractivity contribution >= 4 is 46.4 Å². The second kappa shape index (κ2) is 8.33. The predicted octanol–water partition coefficient (Wildman–Crippen LogP) is 4.68. The number of nitrogens with one attached hydrogen (secondary N) is 1. The van der Waals surface area contributed by atoms with Crippen molar-refractivity contribution in [3.8, 4) is 17.2 Å². The SMILES string of the molecule is COc1ccc(OC)c(NC(=O)COc2c(Cl)cc(Cl)cc2Cl)c1. The molecule has 24 heavy (non-hydrogen) atoms. The summed E-state index contributed by atoms with van der Waals surface area (Å²) in [6, 6.07) is 8.00. The summed E-state index contributed by atoms with van der Waals surface area (Å²) >= 11 is 17.8. The van der Waals surface area contributed by atoms with Crippen LogP contribution in [0.2, 0.25) is 15.1 Å². The van der Waals surface area contributed by atoms with Crippen molar-refractivity contribution in [3.05, 3.63) is 45.4 Å². The molecule has 0 saturated heterocycles. The lowest BCUT2D eigenvalue weighted by molar-refractivity contribution is -0.118. The Morgan fingerprint density at radius 3 is 2.29 bits per heavy atom. The zero-order valence-corrected chi connectivity index (χ0v) is 15.1. The number of carbonyl (C=O) groups is 1. The van der Waals surface area contributed by atoms with E-state index in [0.29, 0.717) is 22.2 Å². The number of ether oxygens (including phenoxy) is 3. The summed E-state index contributed by atoms with van der Waals surface area (Å²) in [5, 5.41) is 3.50. The number of amides is 1. The summed E-state index contributed by atoms with van der Waals surface area (Å²) in [7, 11) is 3.03. The van der Waals surface area contributed by atoms with Gasteiger partial charge in [0.05, 0.1) is 30.0 Å². The van der Waals surface area contributed by atoms with Crippen LogP contribution in [0.15, 0.2) is 30.3 Å². The van der Waals surface area contributed by atoms with Gasteiger partial charge in [-0.15, -0.1) is 0 Å². The smallest absolute Gasteiger partial charge is 0.262 e. The largest absolute Gasteiger partial charge is 0.497 e. The van der Waals surface area contributed by atoms with Crippen LogP contribution in [0.3, 0.4) is 0 Å². The van der Waals surface area contributed by atoms with Gasteiger partial charge in [-0.3, -0.25) is 4.79 Å². The van der Waals surface area contributed by atoms with Crippen LogP contribution in [-0.4, -0.2) is 26.7 Å². The Hall–Kier alpha value is -1.82. The molecule has 0 saturated carbocycles. The van der Waals surface area contributed by atoms with Gasteiger partial charge < -0.3 is 19.5 Å². The third kappa shape index (κ3) is 4.60. The van der Waals surface area contributed by atoms with Crippen molar-refractivity contribution in [1.82, 2.24) is 0 Å². The first-order valence-corrected chi connectivity index (χ1v) is 7.87. The van der Waals surface area contributed by atoms with Gasteiger partial charge in [-0.25, -0.2) is 0 Å². The van der Waals surface area contributed by atoms with Crippen LogP contribution in [0.4, 0.5) is 5.69 Å². The van der Waals surface area contributed by atoms with E-state index in [-0.39, 0.29) is 22.4 Å². The highest BCUT2D eigenvalue weighted by Gasteiger charge is 2.13. The fourth-order valence-electron chi connectivity index (χ4n) is 1.90. The van der Waals surface area contributed by atoms with Crippen molar-refractivity contribution in [3.63, 3.8) is 0 Å². The Balaban J connectivity index is 2.07. The number of anilines is 1. The Bertz CT molecular complexity index is 729. The number of hydrogen-bond acceptors (Lipinski definition) is 4. The lowest BCUT2D eigenvalue weighted by Gasteiger charge is -2.13. The third-order valence-corrected chi connectivity index (χ3v) is 3.77. The van der Waals surface area contributed by atoms with Crippen LogP contribution in [0.5, 0.6) is 17.2 Å². The molecule has 2 rings (SSSR count). The van der Waals surface area contributed by atoms with Crippen LogP contribution in [0.1, 0.15) is 0 Å². The average molecular weight is 391 g/mol. The number of methoxy groups -OCH3 is 2. The third-order valence-electron chi connectivity index (χ3n) is 2.99. The van der Waals surface area contributed by atoms with Crippen molar-refractivity contribution < 1.29 is 19.0 Å². The van der Waals surface area contributed by atoms with Crippen LogP contribution in [0, 0.1) is 0 Å². The molecule has 0 aliphatic rings. The molecule has 0 bridgehead atoms. The van der Waals surface area contributed by atoms with Crippen LogP contribution < -0.4 is 19.5 Å². The van der Waals surface area contributed by atoms with Crippen molar-refractivity contribution in [2.45, 2.75) is 0 Å². The van der Waals surface area contributed by atoms with Gasteiger partial charge in [0, 0.05) is 11.1 Å². The summed E-state index contributed by atoms with van der Waals surface area (Å²) in [5.41, 5.74) is 0.457. The monoisotopic (exact) mass is 389 g/mol. The molecule has 0 spiro atoms. The first-order chi connectivity index (χ1) is 11.4. The van der Waals surface area contributed by atoms with Crippen LogP contribution in [-0.2, 0) is 4.79 Å². The maximum atomic E-state index is 12.1. The second-order valence-corrected chi connectivity index (χ2v) is 5.85. The molecule has 128 valence electrons. The minimum Gasteiger partial charge on any atom is -0.497 e. The first kappa shape index (κ1) is 18.5. The minimum absolute atomic E-state index is 0.190. The summed E-state index contributed by atoms with van der Waals surface area (Å²) in [5.74, 6) is 0.849. The Labute approximate surface area is 154 Å². The molecule has 0 aliphatic carbocycles. The average Bonchev–Trinajstić information content (AvgIpc) is 2.53. The quantitative estimate of drug-likeness (QED) is 0.778. The molecule has 0 unspecified atom stereocenters. The molecular formula is C16H14Cl3NO4. The molecule has 0 aromatic heterocycles. The van der Waals surface area contributed by atoms with E-state index in [2.05, 4.69) is 5.32 Å². The van der Waals surface area contributed by atoms with Crippen LogP contribution in [0.25, 0.3) is 0 Å². The van der Waals surface area contributed by atoms with Gasteiger partial charge in [0.1, 0.15) is 11.5 Å². The molecular weight excluding hydrogens is 377 g/mol. The molecule has 0 radical (unpaired) electrons. The summed E-state index contributed by atoms with van der Waals surface area (Å²) in [6.07, 6.45) is 0. The Morgan fingerprint density at radius 2 is 1.71 bits per heavy atom. The van der Waals surface area contributed by atoms with Gasteiger partial charge in [-0.2, -0.15) is 0 Å². The number of halogens is 3. The van der Waals surface area contributed by atoms with E-state index >= 15 is 0 Å². The van der Waals surface area contributed by atoms with Crippen molar-refractivity contribution in [1.29, 1.82) is 0 Å². The highest BCUT2D eigenvalue weighted by molar-refractivity contribution is 6.40. The zero-order chi connectivity index (χ0) is 17.7. The lowest BCUT2D eigenvalue weighted by atomic mass is 10.2. The van der Waals surface area contributed by atoms with Gasteiger partial charge in [0.2, 0.25) is 0 Å². The molecule has 0 aliphatic heterocycles. The molecule has 1 N–H and O–H groups in total. The highest BCUT2D eigenvalue weighted by Crippen LogP contribution is 2.36. The minimum atomic E-state index is -0.413. The Morgan fingerprint density at radius 1 is 1.04 bits per heavy atom. The van der Waals surface area contributed by atoms with Gasteiger partial charge in [-0.1, -0.05) is 34.8 Å².